The normalized spacial score (nSPS) is 13.9. The van der Waals surface area contributed by atoms with E-state index >= 15 is 0 Å². The second-order valence-electron chi connectivity index (χ2n) is 10.7. The molecule has 1 fully saturated rings. The van der Waals surface area contributed by atoms with E-state index in [0.717, 1.165) is 29.5 Å². The third-order valence-corrected chi connectivity index (χ3v) is 7.91. The van der Waals surface area contributed by atoms with Crippen LogP contribution in [0.4, 0.5) is 4.39 Å². The first-order chi connectivity index (χ1) is 19.7. The van der Waals surface area contributed by atoms with E-state index < -0.39 is 5.41 Å². The largest absolute Gasteiger partial charge is 0.496 e. The molecule has 0 unspecified atom stereocenters. The van der Waals surface area contributed by atoms with E-state index in [2.05, 4.69) is 10.1 Å². The van der Waals surface area contributed by atoms with Crippen LogP contribution in [0.15, 0.2) is 63.5 Å². The van der Waals surface area contributed by atoms with Gasteiger partial charge in [0, 0.05) is 36.1 Å². The molecule has 0 spiro atoms. The molecule has 0 bridgehead atoms. The number of hydrogen-bond donors (Lipinski definition) is 0. The van der Waals surface area contributed by atoms with Crippen LogP contribution in [0.3, 0.4) is 0 Å². The number of aromatic nitrogens is 2. The monoisotopic (exact) mass is 552 g/mol. The Labute approximate surface area is 236 Å². The fourth-order valence-corrected chi connectivity index (χ4v) is 5.45. The van der Waals surface area contributed by atoms with Gasteiger partial charge in [-0.15, -0.1) is 0 Å². The first-order valence-electron chi connectivity index (χ1n) is 13.6. The first-order valence-corrected chi connectivity index (χ1v) is 13.6. The number of carbonyl (C=O) groups excluding carboxylic acids is 2. The highest BCUT2D eigenvalue weighted by molar-refractivity contribution is 6.13. The van der Waals surface area contributed by atoms with Gasteiger partial charge in [-0.25, -0.2) is 4.39 Å². The van der Waals surface area contributed by atoms with Crippen LogP contribution in [-0.4, -0.2) is 28.8 Å². The molecule has 6 rings (SSSR count). The van der Waals surface area contributed by atoms with Gasteiger partial charge in [0.1, 0.15) is 22.9 Å². The van der Waals surface area contributed by atoms with Crippen molar-refractivity contribution >= 4 is 22.5 Å². The molecule has 1 saturated carbocycles. The number of fused-ring (bicyclic) bond motifs is 1. The Bertz CT molecular complexity index is 1810. The Morgan fingerprint density at radius 1 is 1.00 bits per heavy atom. The number of rotatable bonds is 9. The second-order valence-corrected chi connectivity index (χ2v) is 10.7. The smallest absolute Gasteiger partial charge is 0.223 e. The fourth-order valence-electron chi connectivity index (χ4n) is 5.45. The number of benzene rings is 3. The molecule has 208 valence electrons. The fraction of sp³-hybridized carbons (Fsp3) is 0.273. The highest BCUT2D eigenvalue weighted by Gasteiger charge is 2.50. The average molecular weight is 553 g/mol. The summed E-state index contributed by atoms with van der Waals surface area (Å²) in [5, 5.41) is 4.75. The van der Waals surface area contributed by atoms with Crippen LogP contribution >= 0.6 is 0 Å². The minimum Gasteiger partial charge on any atom is -0.496 e. The van der Waals surface area contributed by atoms with Crippen LogP contribution in [-0.2, 0) is 5.41 Å². The van der Waals surface area contributed by atoms with Gasteiger partial charge in [0.15, 0.2) is 17.4 Å². The number of halogens is 1. The molecule has 8 heteroatoms. The molecule has 1 aliphatic carbocycles. The minimum absolute atomic E-state index is 0.0621. The lowest BCUT2D eigenvalue weighted by Crippen LogP contribution is -2.16. The van der Waals surface area contributed by atoms with E-state index in [1.165, 1.54) is 12.1 Å². The molecule has 2 heterocycles. The molecule has 41 heavy (non-hydrogen) atoms. The molecule has 0 N–H and O–H groups in total. The minimum atomic E-state index is -0.410. The van der Waals surface area contributed by atoms with Crippen LogP contribution in [0.2, 0.25) is 0 Å². The third kappa shape index (κ3) is 4.73. The highest BCUT2D eigenvalue weighted by Crippen LogP contribution is 2.51. The van der Waals surface area contributed by atoms with E-state index in [0.29, 0.717) is 50.9 Å². The standard InChI is InChI=1S/C33H29FN2O5/c1-5-26(37)30-25-15-21(8-11-28(25)40-31(30)20-6-9-22(34)10-7-20)23-16-24(29(39-4)14-18(23)2)27(38)17-33(12-13-33)32-35-19(3)41-36-32/h6-11,14-16H,5,12-13,17H2,1-4H3. The summed E-state index contributed by atoms with van der Waals surface area (Å²) >= 11 is 0. The van der Waals surface area contributed by atoms with Gasteiger partial charge in [0.2, 0.25) is 5.89 Å². The predicted molar refractivity (Wildman–Crippen MR) is 152 cm³/mol. The maximum absolute atomic E-state index is 13.7. The summed E-state index contributed by atoms with van der Waals surface area (Å²) in [5.74, 6) is 1.47. The van der Waals surface area contributed by atoms with Crippen molar-refractivity contribution in [3.8, 4) is 28.2 Å². The summed E-state index contributed by atoms with van der Waals surface area (Å²) in [4.78, 5) is 31.2. The van der Waals surface area contributed by atoms with Crippen LogP contribution in [0.5, 0.6) is 5.75 Å². The number of aryl methyl sites for hydroxylation is 2. The van der Waals surface area contributed by atoms with Gasteiger partial charge in [0.25, 0.3) is 0 Å². The van der Waals surface area contributed by atoms with Crippen molar-refractivity contribution in [1.82, 2.24) is 10.1 Å². The average Bonchev–Trinajstić information content (AvgIpc) is 3.44. The van der Waals surface area contributed by atoms with Gasteiger partial charge >= 0.3 is 0 Å². The molecule has 0 radical (unpaired) electrons. The van der Waals surface area contributed by atoms with Crippen molar-refractivity contribution in [3.05, 3.63) is 88.8 Å². The molecule has 2 aromatic heterocycles. The molecule has 3 aromatic carbocycles. The Hall–Kier alpha value is -4.59. The zero-order chi connectivity index (χ0) is 28.9. The topological polar surface area (TPSA) is 95.4 Å². The number of furan rings is 1. The molecule has 0 amide bonds. The quantitative estimate of drug-likeness (QED) is 0.172. The van der Waals surface area contributed by atoms with Crippen LogP contribution in [0.25, 0.3) is 33.4 Å². The Morgan fingerprint density at radius 3 is 2.37 bits per heavy atom. The van der Waals surface area contributed by atoms with Crippen molar-refractivity contribution < 1.29 is 27.7 Å². The van der Waals surface area contributed by atoms with E-state index in [9.17, 15) is 14.0 Å². The zero-order valence-electron chi connectivity index (χ0n) is 23.3. The molecule has 1 aliphatic rings. The SMILES string of the molecule is CCC(=O)c1c(-c2ccc(F)cc2)oc2ccc(-c3cc(C(=O)CC4(c5noc(C)n5)CC4)c(OC)cc3C)cc12. The van der Waals surface area contributed by atoms with Crippen molar-refractivity contribution in [2.24, 2.45) is 0 Å². The molecule has 0 saturated heterocycles. The summed E-state index contributed by atoms with van der Waals surface area (Å²) in [5.41, 5.74) is 4.30. The Morgan fingerprint density at radius 2 is 1.73 bits per heavy atom. The van der Waals surface area contributed by atoms with Crippen LogP contribution in [0.1, 0.15) is 70.6 Å². The number of ketones is 2. The molecule has 7 nitrogen and oxygen atoms in total. The summed E-state index contributed by atoms with van der Waals surface area (Å²) < 4.78 is 30.5. The first kappa shape index (κ1) is 26.6. The number of Topliss-reactive ketones (excluding diaryl/α,β-unsaturated/α-hetero) is 2. The van der Waals surface area contributed by atoms with Gasteiger partial charge in [0.05, 0.1) is 18.2 Å². The van der Waals surface area contributed by atoms with E-state index in [4.69, 9.17) is 13.7 Å². The predicted octanol–water partition coefficient (Wildman–Crippen LogP) is 7.81. The summed E-state index contributed by atoms with van der Waals surface area (Å²) in [6.07, 6.45) is 2.18. The van der Waals surface area contributed by atoms with Gasteiger partial charge in [-0.3, -0.25) is 9.59 Å². The highest BCUT2D eigenvalue weighted by atomic mass is 19.1. The van der Waals surface area contributed by atoms with Crippen LogP contribution in [0, 0.1) is 19.7 Å². The molecular formula is C33H29FN2O5. The van der Waals surface area contributed by atoms with Gasteiger partial charge in [-0.1, -0.05) is 18.1 Å². The van der Waals surface area contributed by atoms with Crippen molar-refractivity contribution in [2.45, 2.75) is 51.9 Å². The van der Waals surface area contributed by atoms with Crippen molar-refractivity contribution in [3.63, 3.8) is 0 Å². The molecule has 5 aromatic rings. The lowest BCUT2D eigenvalue weighted by atomic mass is 9.90. The summed E-state index contributed by atoms with van der Waals surface area (Å²) in [6, 6.07) is 15.3. The van der Waals surface area contributed by atoms with Crippen LogP contribution < -0.4 is 4.74 Å². The number of hydrogen-bond acceptors (Lipinski definition) is 7. The van der Waals surface area contributed by atoms with Gasteiger partial charge in [-0.2, -0.15) is 4.98 Å². The lowest BCUT2D eigenvalue weighted by molar-refractivity contribution is 0.0962. The molecule has 0 atom stereocenters. The molecular weight excluding hydrogens is 523 g/mol. The van der Waals surface area contributed by atoms with E-state index in [1.54, 1.807) is 33.1 Å². The Kier molecular flexibility index (Phi) is 6.56. The zero-order valence-corrected chi connectivity index (χ0v) is 23.3. The number of nitrogens with zero attached hydrogens (tertiary/aromatic N) is 2. The van der Waals surface area contributed by atoms with E-state index in [1.807, 2.05) is 37.3 Å². The molecule has 0 aliphatic heterocycles. The second kappa shape index (κ2) is 10.1. The number of carbonyl (C=O) groups is 2. The van der Waals surface area contributed by atoms with Gasteiger partial charge < -0.3 is 13.7 Å². The third-order valence-electron chi connectivity index (χ3n) is 7.91. The lowest BCUT2D eigenvalue weighted by Gasteiger charge is -2.16. The maximum atomic E-state index is 13.7. The van der Waals surface area contributed by atoms with Crippen molar-refractivity contribution in [2.75, 3.05) is 7.11 Å². The van der Waals surface area contributed by atoms with Gasteiger partial charge in [-0.05, 0) is 85.0 Å². The Balaban J connectivity index is 1.43. The number of methoxy groups -OCH3 is 1. The van der Waals surface area contributed by atoms with E-state index in [-0.39, 0.29) is 30.2 Å². The number of ether oxygens (including phenoxy) is 1. The summed E-state index contributed by atoms with van der Waals surface area (Å²) in [7, 11) is 1.55. The maximum Gasteiger partial charge on any atom is 0.223 e. The summed E-state index contributed by atoms with van der Waals surface area (Å²) in [6.45, 7) is 5.49. The van der Waals surface area contributed by atoms with Crippen molar-refractivity contribution in [1.29, 1.82) is 0 Å².